The highest BCUT2D eigenvalue weighted by molar-refractivity contribution is 7.86. The maximum Gasteiger partial charge on any atom is 0.336 e. The fourth-order valence-electron chi connectivity index (χ4n) is 2.75. The van der Waals surface area contributed by atoms with Crippen LogP contribution >= 0.6 is 0 Å². The average molecular weight is 376 g/mol. The lowest BCUT2D eigenvalue weighted by Crippen LogP contribution is -2.12. The largest absolute Gasteiger partial charge is 0.423 e. The molecule has 0 N–H and O–H groups in total. The fraction of sp³-hybridized carbons (Fsp3) is 0.211. The molecule has 7 heteroatoms. The number of hydrogen-bond donors (Lipinski definition) is 0. The smallest absolute Gasteiger partial charge is 0.336 e. The van der Waals surface area contributed by atoms with Crippen molar-refractivity contribution in [3.63, 3.8) is 0 Å². The van der Waals surface area contributed by atoms with Gasteiger partial charge in [-0.05, 0) is 41.8 Å². The molecule has 0 aliphatic rings. The van der Waals surface area contributed by atoms with Crippen LogP contribution in [0.5, 0.6) is 5.75 Å². The lowest BCUT2D eigenvalue weighted by atomic mass is 10.1. The molecule has 1 heterocycles. The van der Waals surface area contributed by atoms with Gasteiger partial charge in [-0.3, -0.25) is 0 Å². The van der Waals surface area contributed by atoms with Gasteiger partial charge in [-0.2, -0.15) is 8.42 Å². The van der Waals surface area contributed by atoms with E-state index in [1.54, 1.807) is 6.07 Å². The number of rotatable bonds is 6. The molecule has 136 valence electrons. The molecule has 0 spiro atoms. The third-order valence-corrected chi connectivity index (χ3v) is 4.91. The van der Waals surface area contributed by atoms with Crippen LogP contribution in [0.1, 0.15) is 24.5 Å². The Bertz CT molecular complexity index is 1100. The highest BCUT2D eigenvalue weighted by atomic mass is 32.2. The number of fused-ring (bicyclic) bond motifs is 1. The Kier molecular flexibility index (Phi) is 5.08. The first-order valence-corrected chi connectivity index (χ1v) is 9.67. The van der Waals surface area contributed by atoms with Crippen LogP contribution in [-0.4, -0.2) is 8.42 Å². The van der Waals surface area contributed by atoms with Crippen LogP contribution in [-0.2, 0) is 22.3 Å². The zero-order valence-corrected chi connectivity index (χ0v) is 14.9. The first-order chi connectivity index (χ1) is 12.4. The topological polar surface area (TPSA) is 73.6 Å². The molecule has 3 rings (SSSR count). The molecule has 0 bridgehead atoms. The predicted octanol–water partition coefficient (Wildman–Crippen LogP) is 3.79. The van der Waals surface area contributed by atoms with Crippen LogP contribution in [0.4, 0.5) is 4.39 Å². The van der Waals surface area contributed by atoms with Crippen molar-refractivity contribution in [1.29, 1.82) is 0 Å². The Hall–Kier alpha value is -2.67. The van der Waals surface area contributed by atoms with Gasteiger partial charge in [0.15, 0.2) is 0 Å². The second-order valence-corrected chi connectivity index (χ2v) is 7.48. The molecule has 0 unspecified atom stereocenters. The molecule has 0 saturated carbocycles. The molecule has 0 radical (unpaired) electrons. The van der Waals surface area contributed by atoms with Crippen LogP contribution in [0.3, 0.4) is 0 Å². The lowest BCUT2D eigenvalue weighted by Gasteiger charge is -2.09. The Morgan fingerprint density at radius 3 is 2.65 bits per heavy atom. The number of benzene rings is 2. The van der Waals surface area contributed by atoms with Gasteiger partial charge in [0, 0.05) is 17.5 Å². The van der Waals surface area contributed by atoms with E-state index in [4.69, 9.17) is 8.60 Å². The van der Waals surface area contributed by atoms with E-state index in [1.165, 1.54) is 36.4 Å². The molecule has 0 amide bonds. The number of halogens is 1. The summed E-state index contributed by atoms with van der Waals surface area (Å²) >= 11 is 0. The van der Waals surface area contributed by atoms with Gasteiger partial charge in [0.05, 0.1) is 0 Å². The van der Waals surface area contributed by atoms with Crippen molar-refractivity contribution in [2.24, 2.45) is 0 Å². The zero-order chi connectivity index (χ0) is 18.7. The molecule has 0 aliphatic heterocycles. The summed E-state index contributed by atoms with van der Waals surface area (Å²) in [5.74, 6) is -0.956. The predicted molar refractivity (Wildman–Crippen MR) is 96.1 cm³/mol. The van der Waals surface area contributed by atoms with Gasteiger partial charge in [-0.25, -0.2) is 9.18 Å². The van der Waals surface area contributed by atoms with Gasteiger partial charge in [0.25, 0.3) is 0 Å². The van der Waals surface area contributed by atoms with Crippen LogP contribution in [0.2, 0.25) is 0 Å². The standard InChI is InChI=1S/C19H17FO5S/c1-2-4-14-10-19(21)24-18-11-16(7-8-17(14)18)25-26(22,23)12-13-5-3-6-15(20)9-13/h3,5-11H,2,4,12H2,1H3. The summed E-state index contributed by atoms with van der Waals surface area (Å²) in [5.41, 5.74) is 0.885. The molecular weight excluding hydrogens is 359 g/mol. The van der Waals surface area contributed by atoms with Gasteiger partial charge in [0.1, 0.15) is 22.9 Å². The van der Waals surface area contributed by atoms with Crippen LogP contribution in [0.15, 0.2) is 57.7 Å². The van der Waals surface area contributed by atoms with Gasteiger partial charge in [-0.1, -0.05) is 25.5 Å². The molecule has 5 nitrogen and oxygen atoms in total. The summed E-state index contributed by atoms with van der Waals surface area (Å²) in [6, 6.07) is 11.3. The van der Waals surface area contributed by atoms with Gasteiger partial charge >= 0.3 is 15.7 Å². The maximum absolute atomic E-state index is 13.2. The normalized spacial score (nSPS) is 11.6. The molecule has 0 atom stereocenters. The van der Waals surface area contributed by atoms with Crippen LogP contribution in [0.25, 0.3) is 11.0 Å². The van der Waals surface area contributed by atoms with Gasteiger partial charge < -0.3 is 8.60 Å². The summed E-state index contributed by atoms with van der Waals surface area (Å²) in [4.78, 5) is 11.7. The second kappa shape index (κ2) is 7.29. The van der Waals surface area contributed by atoms with Crippen molar-refractivity contribution < 1.29 is 21.4 Å². The zero-order valence-electron chi connectivity index (χ0n) is 14.1. The van der Waals surface area contributed by atoms with Crippen molar-refractivity contribution in [2.75, 3.05) is 0 Å². The highest BCUT2D eigenvalue weighted by Crippen LogP contribution is 2.25. The van der Waals surface area contributed by atoms with Crippen molar-refractivity contribution in [3.05, 3.63) is 75.9 Å². The summed E-state index contributed by atoms with van der Waals surface area (Å²) in [6.45, 7) is 2.00. The van der Waals surface area contributed by atoms with E-state index in [0.29, 0.717) is 6.42 Å². The SMILES string of the molecule is CCCc1cc(=O)oc2cc(OS(=O)(=O)Cc3cccc(F)c3)ccc12. The van der Waals surface area contributed by atoms with E-state index in [2.05, 4.69) is 0 Å². The molecule has 0 fully saturated rings. The molecule has 1 aromatic heterocycles. The van der Waals surface area contributed by atoms with Crippen molar-refractivity contribution in [2.45, 2.75) is 25.5 Å². The Balaban J connectivity index is 1.89. The third-order valence-electron chi connectivity index (χ3n) is 3.78. The number of hydrogen-bond acceptors (Lipinski definition) is 5. The molecule has 26 heavy (non-hydrogen) atoms. The molecule has 0 saturated heterocycles. The average Bonchev–Trinajstić information content (AvgIpc) is 2.53. The summed E-state index contributed by atoms with van der Waals surface area (Å²) in [5, 5.41) is 0.737. The van der Waals surface area contributed by atoms with Crippen molar-refractivity contribution in [1.82, 2.24) is 0 Å². The molecule has 0 aliphatic carbocycles. The van der Waals surface area contributed by atoms with Gasteiger partial charge in [0.2, 0.25) is 0 Å². The first-order valence-electron chi connectivity index (χ1n) is 8.10. The van der Waals surface area contributed by atoms with Crippen molar-refractivity contribution >= 4 is 21.1 Å². The first kappa shape index (κ1) is 18.1. The maximum atomic E-state index is 13.2. The minimum Gasteiger partial charge on any atom is -0.423 e. The van der Waals surface area contributed by atoms with Gasteiger partial charge in [-0.15, -0.1) is 0 Å². The monoisotopic (exact) mass is 376 g/mol. The molecule has 2 aromatic carbocycles. The van der Waals surface area contributed by atoms with E-state index in [0.717, 1.165) is 23.4 Å². The lowest BCUT2D eigenvalue weighted by molar-refractivity contribution is 0.484. The summed E-state index contributed by atoms with van der Waals surface area (Å²) in [6.07, 6.45) is 1.57. The molecular formula is C19H17FO5S. The third kappa shape index (κ3) is 4.29. The molecule has 3 aromatic rings. The van der Waals surface area contributed by atoms with E-state index in [-0.39, 0.29) is 16.9 Å². The van der Waals surface area contributed by atoms with Crippen LogP contribution < -0.4 is 9.81 Å². The summed E-state index contributed by atoms with van der Waals surface area (Å²) in [7, 11) is -3.99. The Morgan fingerprint density at radius 2 is 1.92 bits per heavy atom. The minimum absolute atomic E-state index is 0.0331. The minimum atomic E-state index is -3.99. The van der Waals surface area contributed by atoms with Crippen LogP contribution in [0, 0.1) is 5.82 Å². The van der Waals surface area contributed by atoms with E-state index < -0.39 is 27.3 Å². The number of aryl methyl sites for hydroxylation is 1. The van der Waals surface area contributed by atoms with E-state index in [1.807, 2.05) is 6.92 Å². The highest BCUT2D eigenvalue weighted by Gasteiger charge is 2.16. The quantitative estimate of drug-likeness (QED) is 0.483. The second-order valence-electron chi connectivity index (χ2n) is 5.91. The fourth-order valence-corrected chi connectivity index (χ4v) is 3.79. The Labute approximate surface area is 150 Å². The summed E-state index contributed by atoms with van der Waals surface area (Å²) < 4.78 is 47.9. The van der Waals surface area contributed by atoms with E-state index in [9.17, 15) is 17.6 Å². The van der Waals surface area contributed by atoms with Crippen molar-refractivity contribution in [3.8, 4) is 5.75 Å². The Morgan fingerprint density at radius 1 is 1.12 bits per heavy atom. The van der Waals surface area contributed by atoms with E-state index >= 15 is 0 Å².